The number of benzene rings is 2. The first kappa shape index (κ1) is 19.6. The van der Waals surface area contributed by atoms with Gasteiger partial charge in [0.2, 0.25) is 5.91 Å². The van der Waals surface area contributed by atoms with Crippen molar-refractivity contribution in [2.45, 2.75) is 32.2 Å². The first-order valence-corrected chi connectivity index (χ1v) is 8.75. The summed E-state index contributed by atoms with van der Waals surface area (Å²) in [4.78, 5) is 12.4. The van der Waals surface area contributed by atoms with Gasteiger partial charge in [-0.05, 0) is 48.2 Å². The van der Waals surface area contributed by atoms with E-state index in [0.717, 1.165) is 23.3 Å². The summed E-state index contributed by atoms with van der Waals surface area (Å²) >= 11 is 0. The van der Waals surface area contributed by atoms with Gasteiger partial charge in [-0.15, -0.1) is 0 Å². The van der Waals surface area contributed by atoms with Crippen molar-refractivity contribution in [3.05, 3.63) is 53.6 Å². The predicted molar refractivity (Wildman–Crippen MR) is 102 cm³/mol. The normalized spacial score (nSPS) is 11.5. The Balaban J connectivity index is 1.94. The summed E-state index contributed by atoms with van der Waals surface area (Å²) in [5, 5.41) is 3.11. The van der Waals surface area contributed by atoms with E-state index in [-0.39, 0.29) is 11.9 Å². The number of aryl methyl sites for hydroxylation is 1. The summed E-state index contributed by atoms with van der Waals surface area (Å²) in [5.74, 6) is 2.20. The number of nitrogens with one attached hydrogen (secondary N) is 1. The van der Waals surface area contributed by atoms with Gasteiger partial charge in [0.15, 0.2) is 11.5 Å². The topological polar surface area (TPSA) is 56.8 Å². The molecular weight excluding hydrogens is 330 g/mol. The van der Waals surface area contributed by atoms with Crippen molar-refractivity contribution in [3.8, 4) is 17.2 Å². The van der Waals surface area contributed by atoms with Gasteiger partial charge in [0, 0.05) is 6.42 Å². The average Bonchev–Trinajstić information content (AvgIpc) is 2.70. The van der Waals surface area contributed by atoms with Crippen LogP contribution >= 0.6 is 0 Å². The zero-order chi connectivity index (χ0) is 18.9. The first-order valence-electron chi connectivity index (χ1n) is 8.75. The molecule has 0 saturated heterocycles. The van der Waals surface area contributed by atoms with E-state index in [9.17, 15) is 4.79 Å². The zero-order valence-electron chi connectivity index (χ0n) is 15.9. The van der Waals surface area contributed by atoms with Gasteiger partial charge in [-0.1, -0.05) is 25.1 Å². The molecule has 0 bridgehead atoms. The summed E-state index contributed by atoms with van der Waals surface area (Å²) in [7, 11) is 4.85. The minimum absolute atomic E-state index is 0.00110. The van der Waals surface area contributed by atoms with E-state index in [2.05, 4.69) is 12.2 Å². The number of amides is 1. The van der Waals surface area contributed by atoms with Crippen LogP contribution in [0.5, 0.6) is 17.2 Å². The van der Waals surface area contributed by atoms with E-state index in [1.54, 1.807) is 21.3 Å². The third-order valence-corrected chi connectivity index (χ3v) is 4.35. The van der Waals surface area contributed by atoms with Crippen molar-refractivity contribution in [2.75, 3.05) is 21.3 Å². The number of hydrogen-bond donors (Lipinski definition) is 1. The molecule has 0 aliphatic carbocycles. The van der Waals surface area contributed by atoms with Crippen LogP contribution in [0.2, 0.25) is 0 Å². The number of rotatable bonds is 9. The highest BCUT2D eigenvalue weighted by Crippen LogP contribution is 2.28. The molecule has 0 fully saturated rings. The Morgan fingerprint density at radius 2 is 1.65 bits per heavy atom. The zero-order valence-corrected chi connectivity index (χ0v) is 15.9. The number of carbonyl (C=O) groups excluding carboxylic acids is 1. The molecule has 5 nitrogen and oxygen atoms in total. The Bertz CT molecular complexity index is 712. The SMILES string of the molecule is CC[C@H](NC(=O)CCc1ccc(OC)c(OC)c1)c1ccc(OC)cc1. The van der Waals surface area contributed by atoms with Gasteiger partial charge in [-0.2, -0.15) is 0 Å². The molecule has 1 amide bonds. The van der Waals surface area contributed by atoms with E-state index in [1.165, 1.54) is 0 Å². The molecule has 0 unspecified atom stereocenters. The van der Waals surface area contributed by atoms with E-state index in [0.29, 0.717) is 24.3 Å². The standard InChI is InChI=1S/C21H27NO4/c1-5-18(16-8-10-17(24-2)11-9-16)22-21(23)13-7-15-6-12-19(25-3)20(14-15)26-4/h6,8-12,14,18H,5,7,13H2,1-4H3,(H,22,23)/t18-/m0/s1. The van der Waals surface area contributed by atoms with Crippen molar-refractivity contribution < 1.29 is 19.0 Å². The molecule has 0 saturated carbocycles. The van der Waals surface area contributed by atoms with E-state index in [4.69, 9.17) is 14.2 Å². The maximum absolute atomic E-state index is 12.4. The fraction of sp³-hybridized carbons (Fsp3) is 0.381. The first-order chi connectivity index (χ1) is 12.6. The lowest BCUT2D eigenvalue weighted by molar-refractivity contribution is -0.121. The minimum Gasteiger partial charge on any atom is -0.497 e. The largest absolute Gasteiger partial charge is 0.497 e. The molecule has 0 spiro atoms. The summed E-state index contributed by atoms with van der Waals surface area (Å²) < 4.78 is 15.7. The van der Waals surface area contributed by atoms with Crippen LogP contribution in [0.25, 0.3) is 0 Å². The fourth-order valence-electron chi connectivity index (χ4n) is 2.82. The van der Waals surface area contributed by atoms with Crippen molar-refractivity contribution in [2.24, 2.45) is 0 Å². The van der Waals surface area contributed by atoms with Gasteiger partial charge in [-0.25, -0.2) is 0 Å². The highest BCUT2D eigenvalue weighted by atomic mass is 16.5. The number of carbonyl (C=O) groups is 1. The van der Waals surface area contributed by atoms with Gasteiger partial charge in [-0.3, -0.25) is 4.79 Å². The van der Waals surface area contributed by atoms with Crippen LogP contribution in [0.3, 0.4) is 0 Å². The lowest BCUT2D eigenvalue weighted by Gasteiger charge is -2.18. The van der Waals surface area contributed by atoms with Gasteiger partial charge in [0.25, 0.3) is 0 Å². The van der Waals surface area contributed by atoms with Gasteiger partial charge in [0.05, 0.1) is 27.4 Å². The summed E-state index contributed by atoms with van der Waals surface area (Å²) in [5.41, 5.74) is 2.11. The molecule has 1 atom stereocenters. The van der Waals surface area contributed by atoms with Gasteiger partial charge < -0.3 is 19.5 Å². The smallest absolute Gasteiger partial charge is 0.220 e. The van der Waals surface area contributed by atoms with E-state index < -0.39 is 0 Å². The second-order valence-electron chi connectivity index (χ2n) is 5.99. The lowest BCUT2D eigenvalue weighted by Crippen LogP contribution is -2.28. The Hall–Kier alpha value is -2.69. The Morgan fingerprint density at radius 1 is 0.962 bits per heavy atom. The predicted octanol–water partition coefficient (Wildman–Crippen LogP) is 3.91. The van der Waals surface area contributed by atoms with Crippen LogP contribution in [0, 0.1) is 0 Å². The van der Waals surface area contributed by atoms with Gasteiger partial charge >= 0.3 is 0 Å². The van der Waals surface area contributed by atoms with Crippen LogP contribution in [0.15, 0.2) is 42.5 Å². The van der Waals surface area contributed by atoms with Crippen LogP contribution in [0.4, 0.5) is 0 Å². The number of ether oxygens (including phenoxy) is 3. The van der Waals surface area contributed by atoms with Crippen molar-refractivity contribution in [1.82, 2.24) is 5.32 Å². The minimum atomic E-state index is -0.00110. The molecule has 0 radical (unpaired) electrons. The third kappa shape index (κ3) is 5.15. The lowest BCUT2D eigenvalue weighted by atomic mass is 10.0. The van der Waals surface area contributed by atoms with Gasteiger partial charge in [0.1, 0.15) is 5.75 Å². The third-order valence-electron chi connectivity index (χ3n) is 4.35. The van der Waals surface area contributed by atoms with Crippen LogP contribution in [0.1, 0.15) is 36.9 Å². The molecule has 2 aromatic carbocycles. The summed E-state index contributed by atoms with van der Waals surface area (Å²) in [6.07, 6.45) is 1.89. The highest BCUT2D eigenvalue weighted by molar-refractivity contribution is 5.76. The molecule has 5 heteroatoms. The molecule has 2 rings (SSSR count). The molecule has 0 aliphatic heterocycles. The van der Waals surface area contributed by atoms with Crippen molar-refractivity contribution in [3.63, 3.8) is 0 Å². The maximum Gasteiger partial charge on any atom is 0.220 e. The van der Waals surface area contributed by atoms with Crippen molar-refractivity contribution >= 4 is 5.91 Å². The Labute approximate surface area is 155 Å². The average molecular weight is 357 g/mol. The molecule has 140 valence electrons. The second kappa shape index (κ2) is 9.70. The Kier molecular flexibility index (Phi) is 7.33. The summed E-state index contributed by atoms with van der Waals surface area (Å²) in [6, 6.07) is 13.5. The quantitative estimate of drug-likeness (QED) is 0.739. The number of hydrogen-bond acceptors (Lipinski definition) is 4. The monoisotopic (exact) mass is 357 g/mol. The second-order valence-corrected chi connectivity index (χ2v) is 5.99. The molecular formula is C21H27NO4. The number of methoxy groups -OCH3 is 3. The van der Waals surface area contributed by atoms with Crippen LogP contribution < -0.4 is 19.5 Å². The molecule has 2 aromatic rings. The van der Waals surface area contributed by atoms with Crippen LogP contribution in [-0.2, 0) is 11.2 Å². The molecule has 26 heavy (non-hydrogen) atoms. The molecule has 0 aliphatic rings. The van der Waals surface area contributed by atoms with Crippen molar-refractivity contribution in [1.29, 1.82) is 0 Å². The molecule has 0 heterocycles. The maximum atomic E-state index is 12.4. The highest BCUT2D eigenvalue weighted by Gasteiger charge is 2.13. The molecule has 1 N–H and O–H groups in total. The fourth-order valence-corrected chi connectivity index (χ4v) is 2.82. The van der Waals surface area contributed by atoms with E-state index >= 15 is 0 Å². The van der Waals surface area contributed by atoms with Crippen LogP contribution in [-0.4, -0.2) is 27.2 Å². The molecule has 0 aromatic heterocycles. The summed E-state index contributed by atoms with van der Waals surface area (Å²) in [6.45, 7) is 2.06. The van der Waals surface area contributed by atoms with E-state index in [1.807, 2.05) is 42.5 Å². The Morgan fingerprint density at radius 3 is 2.23 bits per heavy atom.